The summed E-state index contributed by atoms with van der Waals surface area (Å²) in [4.78, 5) is 11.4. The third kappa shape index (κ3) is 7.05. The maximum absolute atomic E-state index is 11.4. The molecule has 0 aromatic heterocycles. The van der Waals surface area contributed by atoms with E-state index >= 15 is 0 Å². The summed E-state index contributed by atoms with van der Waals surface area (Å²) in [5.41, 5.74) is 0.932. The molecule has 1 aromatic carbocycles. The first-order valence-corrected chi connectivity index (χ1v) is 6.96. The standard InChI is InChI=1S/C14H20O2S/c1-14(2,3)16-13(15)11-17-10-9-12-7-5-4-6-8-12/h4-8H,9-11H2,1-3H3. The Morgan fingerprint density at radius 3 is 2.47 bits per heavy atom. The molecule has 0 saturated carbocycles. The lowest BCUT2D eigenvalue weighted by Gasteiger charge is -2.19. The van der Waals surface area contributed by atoms with Gasteiger partial charge in [-0.1, -0.05) is 30.3 Å². The summed E-state index contributed by atoms with van der Waals surface area (Å²) in [5.74, 6) is 1.25. The molecule has 0 unspecified atom stereocenters. The second-order valence-electron chi connectivity index (χ2n) is 4.87. The number of hydrogen-bond donors (Lipinski definition) is 0. The predicted octanol–water partition coefficient (Wildman–Crippen LogP) is 3.30. The van der Waals surface area contributed by atoms with Gasteiger partial charge in [0.2, 0.25) is 0 Å². The average molecular weight is 252 g/mol. The average Bonchev–Trinajstić information content (AvgIpc) is 2.23. The highest BCUT2D eigenvalue weighted by Gasteiger charge is 2.15. The van der Waals surface area contributed by atoms with Crippen LogP contribution in [0.2, 0.25) is 0 Å². The van der Waals surface area contributed by atoms with Gasteiger partial charge in [0.15, 0.2) is 0 Å². The third-order valence-electron chi connectivity index (χ3n) is 2.02. The van der Waals surface area contributed by atoms with Crippen molar-refractivity contribution in [3.63, 3.8) is 0 Å². The van der Waals surface area contributed by atoms with Crippen molar-refractivity contribution in [1.29, 1.82) is 0 Å². The molecule has 2 nitrogen and oxygen atoms in total. The minimum atomic E-state index is -0.378. The monoisotopic (exact) mass is 252 g/mol. The van der Waals surface area contributed by atoms with E-state index in [-0.39, 0.29) is 11.6 Å². The molecule has 0 amide bonds. The summed E-state index contributed by atoms with van der Waals surface area (Å²) in [7, 11) is 0. The number of carbonyl (C=O) groups excluding carboxylic acids is 1. The number of esters is 1. The van der Waals surface area contributed by atoms with Crippen LogP contribution in [-0.4, -0.2) is 23.1 Å². The van der Waals surface area contributed by atoms with E-state index in [9.17, 15) is 4.79 Å². The van der Waals surface area contributed by atoms with Crippen molar-refractivity contribution < 1.29 is 9.53 Å². The fraction of sp³-hybridized carbons (Fsp3) is 0.500. The molecule has 0 N–H and O–H groups in total. The van der Waals surface area contributed by atoms with Crippen LogP contribution in [0.4, 0.5) is 0 Å². The van der Waals surface area contributed by atoms with Gasteiger partial charge in [0, 0.05) is 0 Å². The van der Waals surface area contributed by atoms with E-state index in [4.69, 9.17) is 4.74 Å². The summed E-state index contributed by atoms with van der Waals surface area (Å²) in [6.07, 6.45) is 0.994. The Hall–Kier alpha value is -0.960. The van der Waals surface area contributed by atoms with Crippen LogP contribution in [0.5, 0.6) is 0 Å². The summed E-state index contributed by atoms with van der Waals surface area (Å²) in [6, 6.07) is 10.3. The Morgan fingerprint density at radius 2 is 1.88 bits per heavy atom. The lowest BCUT2D eigenvalue weighted by molar-refractivity contribution is -0.151. The van der Waals surface area contributed by atoms with E-state index in [1.165, 1.54) is 5.56 Å². The molecule has 1 aromatic rings. The molecule has 0 aliphatic carbocycles. The first-order valence-electron chi connectivity index (χ1n) is 5.81. The second kappa shape index (κ2) is 6.70. The molecule has 0 heterocycles. The van der Waals surface area contributed by atoms with Gasteiger partial charge in [0.1, 0.15) is 5.60 Å². The van der Waals surface area contributed by atoms with Gasteiger partial charge in [-0.3, -0.25) is 4.79 Å². The number of ether oxygens (including phenoxy) is 1. The number of carbonyl (C=O) groups is 1. The van der Waals surface area contributed by atoms with Crippen molar-refractivity contribution in [1.82, 2.24) is 0 Å². The first kappa shape index (κ1) is 14.1. The van der Waals surface area contributed by atoms with Gasteiger partial charge in [-0.15, -0.1) is 11.8 Å². The zero-order valence-corrected chi connectivity index (χ0v) is 11.5. The normalized spacial score (nSPS) is 11.2. The van der Waals surface area contributed by atoms with Crippen LogP contribution in [0.25, 0.3) is 0 Å². The molecule has 1 rings (SSSR count). The van der Waals surface area contributed by atoms with Crippen molar-refractivity contribution in [2.24, 2.45) is 0 Å². The van der Waals surface area contributed by atoms with Crippen LogP contribution in [-0.2, 0) is 16.0 Å². The molecule has 0 atom stereocenters. The highest BCUT2D eigenvalue weighted by atomic mass is 32.2. The van der Waals surface area contributed by atoms with Gasteiger partial charge in [0.05, 0.1) is 5.75 Å². The van der Waals surface area contributed by atoms with E-state index < -0.39 is 0 Å². The fourth-order valence-corrected chi connectivity index (χ4v) is 2.11. The van der Waals surface area contributed by atoms with Crippen molar-refractivity contribution in [3.05, 3.63) is 35.9 Å². The van der Waals surface area contributed by atoms with Crippen LogP contribution in [0.1, 0.15) is 26.3 Å². The lowest BCUT2D eigenvalue weighted by Crippen LogP contribution is -2.25. The summed E-state index contributed by atoms with van der Waals surface area (Å²) >= 11 is 1.62. The van der Waals surface area contributed by atoms with Crippen molar-refractivity contribution >= 4 is 17.7 Å². The molecular formula is C14H20O2S. The number of thioether (sulfide) groups is 1. The molecular weight excluding hydrogens is 232 g/mol. The quantitative estimate of drug-likeness (QED) is 0.594. The van der Waals surface area contributed by atoms with Gasteiger partial charge >= 0.3 is 5.97 Å². The Bertz CT molecular complexity index is 341. The van der Waals surface area contributed by atoms with Gasteiger partial charge in [0.25, 0.3) is 0 Å². The minimum Gasteiger partial charge on any atom is -0.459 e. The molecule has 0 aliphatic heterocycles. The van der Waals surface area contributed by atoms with Gasteiger partial charge < -0.3 is 4.74 Å². The van der Waals surface area contributed by atoms with Crippen LogP contribution in [0.15, 0.2) is 30.3 Å². The molecule has 94 valence electrons. The molecule has 0 aliphatic rings. The molecule has 0 saturated heterocycles. The fourth-order valence-electron chi connectivity index (χ4n) is 1.36. The summed E-state index contributed by atoms with van der Waals surface area (Å²) in [6.45, 7) is 5.67. The number of aryl methyl sites for hydroxylation is 1. The Balaban J connectivity index is 2.14. The molecule has 3 heteroatoms. The van der Waals surface area contributed by atoms with E-state index in [1.807, 2.05) is 39.0 Å². The highest BCUT2D eigenvalue weighted by molar-refractivity contribution is 7.99. The number of benzene rings is 1. The van der Waals surface area contributed by atoms with E-state index in [1.54, 1.807) is 11.8 Å². The van der Waals surface area contributed by atoms with Crippen LogP contribution < -0.4 is 0 Å². The Kier molecular flexibility index (Phi) is 5.56. The largest absolute Gasteiger partial charge is 0.459 e. The maximum atomic E-state index is 11.4. The van der Waals surface area contributed by atoms with Crippen LogP contribution in [0.3, 0.4) is 0 Å². The van der Waals surface area contributed by atoms with Gasteiger partial charge in [-0.2, -0.15) is 0 Å². The maximum Gasteiger partial charge on any atom is 0.316 e. The smallest absolute Gasteiger partial charge is 0.316 e. The van der Waals surface area contributed by atoms with Crippen LogP contribution in [0, 0.1) is 0 Å². The molecule has 17 heavy (non-hydrogen) atoms. The van der Waals surface area contributed by atoms with Gasteiger partial charge in [-0.05, 0) is 38.5 Å². The topological polar surface area (TPSA) is 26.3 Å². The molecule has 0 fully saturated rings. The lowest BCUT2D eigenvalue weighted by atomic mass is 10.2. The number of hydrogen-bond acceptors (Lipinski definition) is 3. The van der Waals surface area contributed by atoms with Crippen molar-refractivity contribution in [2.45, 2.75) is 32.8 Å². The number of rotatable bonds is 5. The summed E-state index contributed by atoms with van der Waals surface area (Å²) in [5, 5.41) is 0. The third-order valence-corrected chi connectivity index (χ3v) is 2.95. The second-order valence-corrected chi connectivity index (χ2v) is 5.98. The Labute approximate surface area is 108 Å². The predicted molar refractivity (Wildman–Crippen MR) is 73.3 cm³/mol. The molecule has 0 spiro atoms. The van der Waals surface area contributed by atoms with Crippen molar-refractivity contribution in [2.75, 3.05) is 11.5 Å². The zero-order chi connectivity index (χ0) is 12.7. The SMILES string of the molecule is CC(C)(C)OC(=O)CSCCc1ccccc1. The summed E-state index contributed by atoms with van der Waals surface area (Å²) < 4.78 is 5.23. The van der Waals surface area contributed by atoms with E-state index in [0.29, 0.717) is 5.75 Å². The highest BCUT2D eigenvalue weighted by Crippen LogP contribution is 2.11. The Morgan fingerprint density at radius 1 is 1.24 bits per heavy atom. The van der Waals surface area contributed by atoms with Crippen molar-refractivity contribution in [3.8, 4) is 0 Å². The van der Waals surface area contributed by atoms with Gasteiger partial charge in [-0.25, -0.2) is 0 Å². The minimum absolute atomic E-state index is 0.129. The van der Waals surface area contributed by atoms with E-state index in [2.05, 4.69) is 12.1 Å². The molecule has 0 bridgehead atoms. The van der Waals surface area contributed by atoms with Crippen LogP contribution >= 0.6 is 11.8 Å². The zero-order valence-electron chi connectivity index (χ0n) is 10.7. The van der Waals surface area contributed by atoms with E-state index in [0.717, 1.165) is 12.2 Å². The molecule has 0 radical (unpaired) electrons. The first-order chi connectivity index (χ1) is 7.97.